The van der Waals surface area contributed by atoms with Crippen LogP contribution >= 0.6 is 35.0 Å². The average molecular weight is 590 g/mol. The van der Waals surface area contributed by atoms with E-state index in [1.54, 1.807) is 36.5 Å². The van der Waals surface area contributed by atoms with Gasteiger partial charge < -0.3 is 14.6 Å². The molecule has 39 heavy (non-hydrogen) atoms. The maximum atomic E-state index is 14.3. The first-order valence-corrected chi connectivity index (χ1v) is 13.7. The number of halogens is 3. The number of ether oxygens (including phenoxy) is 2. The Labute approximate surface area is 240 Å². The highest BCUT2D eigenvalue weighted by molar-refractivity contribution is 7.98. The van der Waals surface area contributed by atoms with Gasteiger partial charge in [0.2, 0.25) is 0 Å². The van der Waals surface area contributed by atoms with Crippen molar-refractivity contribution in [3.05, 3.63) is 105 Å². The Hall–Kier alpha value is -3.04. The van der Waals surface area contributed by atoms with Gasteiger partial charge in [-0.2, -0.15) is 0 Å². The zero-order valence-corrected chi connectivity index (χ0v) is 24.1. The molecule has 0 unspecified atom stereocenters. The SMILES string of the molecule is COC(=O)c1cc(CSc2ncc(C(C)(C)c3ccc(Cl)c(Cl)c3)n2-c2ccc(F)c(OC)c2)ccc1CO. The topological polar surface area (TPSA) is 73.6 Å². The Kier molecular flexibility index (Phi) is 8.91. The third-order valence-corrected chi connectivity index (χ3v) is 8.28. The standard InChI is InChI=1S/C29H27Cl2FN2O4S/c1-29(2,19-7-9-22(30)23(31)12-19)26-14-33-28(34(26)20-8-10-24(32)25(13-20)37-3)39-16-17-5-6-18(15-35)21(11-17)27(36)38-4/h5-14,35H,15-16H2,1-4H3. The van der Waals surface area contributed by atoms with Crippen LogP contribution < -0.4 is 4.74 Å². The minimum absolute atomic E-state index is 0.109. The Balaban J connectivity index is 1.79. The van der Waals surface area contributed by atoms with Gasteiger partial charge in [-0.3, -0.25) is 4.57 Å². The summed E-state index contributed by atoms with van der Waals surface area (Å²) >= 11 is 14.0. The number of esters is 1. The highest BCUT2D eigenvalue weighted by atomic mass is 35.5. The van der Waals surface area contributed by atoms with E-state index in [1.165, 1.54) is 32.0 Å². The summed E-state index contributed by atoms with van der Waals surface area (Å²) in [5, 5.41) is 11.2. The molecule has 0 fully saturated rings. The Morgan fingerprint density at radius 2 is 1.85 bits per heavy atom. The summed E-state index contributed by atoms with van der Waals surface area (Å²) in [6, 6.07) is 15.4. The van der Waals surface area contributed by atoms with Crippen molar-refractivity contribution in [2.45, 2.75) is 36.8 Å². The number of imidazole rings is 1. The maximum absolute atomic E-state index is 14.3. The summed E-state index contributed by atoms with van der Waals surface area (Å²) in [4.78, 5) is 16.9. The number of thioether (sulfide) groups is 1. The lowest BCUT2D eigenvalue weighted by atomic mass is 9.81. The molecule has 1 heterocycles. The Bertz CT molecular complexity index is 1520. The van der Waals surface area contributed by atoms with Crippen LogP contribution in [-0.4, -0.2) is 34.8 Å². The zero-order chi connectivity index (χ0) is 28.3. The molecule has 1 N–H and O–H groups in total. The summed E-state index contributed by atoms with van der Waals surface area (Å²) in [5.74, 6) is -0.410. The normalized spacial score (nSPS) is 11.5. The van der Waals surface area contributed by atoms with Crippen LogP contribution in [0.2, 0.25) is 10.0 Å². The Morgan fingerprint density at radius 1 is 1.08 bits per heavy atom. The molecular formula is C29H27Cl2FN2O4S. The van der Waals surface area contributed by atoms with Gasteiger partial charge in [-0.25, -0.2) is 14.2 Å². The van der Waals surface area contributed by atoms with Crippen molar-refractivity contribution in [1.82, 2.24) is 9.55 Å². The minimum atomic E-state index is -0.567. The van der Waals surface area contributed by atoms with E-state index in [9.17, 15) is 14.3 Å². The number of hydrogen-bond donors (Lipinski definition) is 1. The second-order valence-corrected chi connectivity index (χ2v) is 11.0. The number of rotatable bonds is 9. The Morgan fingerprint density at radius 3 is 2.51 bits per heavy atom. The molecule has 0 aliphatic carbocycles. The first-order chi connectivity index (χ1) is 18.6. The summed E-state index contributed by atoms with van der Waals surface area (Å²) < 4.78 is 26.4. The van der Waals surface area contributed by atoms with E-state index in [2.05, 4.69) is 0 Å². The lowest BCUT2D eigenvalue weighted by Crippen LogP contribution is -2.23. The van der Waals surface area contributed by atoms with Crippen molar-refractivity contribution in [3.8, 4) is 11.4 Å². The van der Waals surface area contributed by atoms with Crippen molar-refractivity contribution in [2.24, 2.45) is 0 Å². The summed E-state index contributed by atoms with van der Waals surface area (Å²) in [6.07, 6.45) is 1.79. The van der Waals surface area contributed by atoms with Gasteiger partial charge in [0.25, 0.3) is 0 Å². The van der Waals surface area contributed by atoms with Crippen LogP contribution in [0.3, 0.4) is 0 Å². The molecule has 4 aromatic rings. The predicted molar refractivity (Wildman–Crippen MR) is 152 cm³/mol. The molecule has 0 amide bonds. The molecule has 0 bridgehead atoms. The molecule has 4 rings (SSSR count). The smallest absolute Gasteiger partial charge is 0.338 e. The van der Waals surface area contributed by atoms with Crippen LogP contribution in [0, 0.1) is 5.82 Å². The molecule has 0 saturated heterocycles. The van der Waals surface area contributed by atoms with Gasteiger partial charge in [0.05, 0.1) is 54.0 Å². The van der Waals surface area contributed by atoms with Crippen molar-refractivity contribution in [3.63, 3.8) is 0 Å². The molecule has 204 valence electrons. The van der Waals surface area contributed by atoms with Crippen molar-refractivity contribution in [1.29, 1.82) is 0 Å². The number of carbonyl (C=O) groups is 1. The average Bonchev–Trinajstić information content (AvgIpc) is 3.37. The van der Waals surface area contributed by atoms with E-state index in [4.69, 9.17) is 37.7 Å². The summed E-state index contributed by atoms with van der Waals surface area (Å²) in [5.41, 5.74) is 3.50. The van der Waals surface area contributed by atoms with Gasteiger partial charge in [0, 0.05) is 17.2 Å². The number of methoxy groups -OCH3 is 2. The monoisotopic (exact) mass is 588 g/mol. The van der Waals surface area contributed by atoms with E-state index < -0.39 is 17.2 Å². The van der Waals surface area contributed by atoms with Crippen LogP contribution in [0.25, 0.3) is 5.69 Å². The molecule has 0 radical (unpaired) electrons. The fourth-order valence-electron chi connectivity index (χ4n) is 4.25. The molecule has 10 heteroatoms. The number of nitrogens with zero attached hydrogens (tertiary/aromatic N) is 2. The number of aliphatic hydroxyl groups excluding tert-OH is 1. The van der Waals surface area contributed by atoms with Crippen LogP contribution in [0.5, 0.6) is 5.75 Å². The fourth-order valence-corrected chi connectivity index (χ4v) is 5.48. The minimum Gasteiger partial charge on any atom is -0.494 e. The highest BCUT2D eigenvalue weighted by Crippen LogP contribution is 2.39. The van der Waals surface area contributed by atoms with E-state index in [-0.39, 0.29) is 12.4 Å². The predicted octanol–water partition coefficient (Wildman–Crippen LogP) is 7.22. The van der Waals surface area contributed by atoms with Gasteiger partial charge in [0.15, 0.2) is 16.7 Å². The zero-order valence-electron chi connectivity index (χ0n) is 21.8. The van der Waals surface area contributed by atoms with Gasteiger partial charge in [0.1, 0.15) is 0 Å². The highest BCUT2D eigenvalue weighted by Gasteiger charge is 2.30. The van der Waals surface area contributed by atoms with E-state index in [1.807, 2.05) is 36.6 Å². The number of aliphatic hydroxyl groups is 1. The number of carbonyl (C=O) groups excluding carboxylic acids is 1. The van der Waals surface area contributed by atoms with Crippen molar-refractivity contribution in [2.75, 3.05) is 14.2 Å². The second kappa shape index (κ2) is 12.0. The number of aromatic nitrogens is 2. The maximum Gasteiger partial charge on any atom is 0.338 e. The van der Waals surface area contributed by atoms with E-state index in [0.29, 0.717) is 37.8 Å². The van der Waals surface area contributed by atoms with Gasteiger partial charge >= 0.3 is 5.97 Å². The number of hydrogen-bond acceptors (Lipinski definition) is 6. The van der Waals surface area contributed by atoms with Gasteiger partial charge in [-0.1, -0.05) is 67.0 Å². The first-order valence-electron chi connectivity index (χ1n) is 11.9. The number of benzene rings is 3. The summed E-state index contributed by atoms with van der Waals surface area (Å²) in [6.45, 7) is 3.82. The van der Waals surface area contributed by atoms with Crippen molar-refractivity contribution >= 4 is 40.9 Å². The van der Waals surface area contributed by atoms with E-state index in [0.717, 1.165) is 16.8 Å². The fraction of sp³-hybridized carbons (Fsp3) is 0.241. The van der Waals surface area contributed by atoms with Crippen LogP contribution in [0.15, 0.2) is 66.0 Å². The molecular weight excluding hydrogens is 562 g/mol. The second-order valence-electron chi connectivity index (χ2n) is 9.26. The van der Waals surface area contributed by atoms with Crippen LogP contribution in [-0.2, 0) is 22.5 Å². The molecule has 3 aromatic carbocycles. The largest absolute Gasteiger partial charge is 0.494 e. The van der Waals surface area contributed by atoms with E-state index >= 15 is 0 Å². The van der Waals surface area contributed by atoms with Gasteiger partial charge in [-0.05, 0) is 47.0 Å². The molecule has 0 aliphatic heterocycles. The first kappa shape index (κ1) is 29.0. The molecule has 0 spiro atoms. The lowest BCUT2D eigenvalue weighted by Gasteiger charge is -2.28. The molecule has 6 nitrogen and oxygen atoms in total. The third kappa shape index (κ3) is 5.94. The molecule has 0 saturated carbocycles. The molecule has 0 atom stereocenters. The molecule has 0 aliphatic rings. The van der Waals surface area contributed by atoms with Gasteiger partial charge in [-0.15, -0.1) is 0 Å². The van der Waals surface area contributed by atoms with Crippen molar-refractivity contribution < 1.29 is 23.8 Å². The lowest BCUT2D eigenvalue weighted by molar-refractivity contribution is 0.0597. The third-order valence-electron chi connectivity index (χ3n) is 6.52. The van der Waals surface area contributed by atoms with Crippen LogP contribution in [0.4, 0.5) is 4.39 Å². The summed E-state index contributed by atoms with van der Waals surface area (Å²) in [7, 11) is 2.72. The quantitative estimate of drug-likeness (QED) is 0.164. The van der Waals surface area contributed by atoms with Crippen LogP contribution in [0.1, 0.15) is 46.6 Å². The molecule has 1 aromatic heterocycles.